The van der Waals surface area contributed by atoms with E-state index in [1.165, 1.54) is 4.57 Å². The number of rotatable bonds is 5. The van der Waals surface area contributed by atoms with Crippen LogP contribution in [-0.4, -0.2) is 51.8 Å². The summed E-state index contributed by atoms with van der Waals surface area (Å²) in [5.41, 5.74) is 2.47. The number of amides is 2. The van der Waals surface area contributed by atoms with E-state index in [9.17, 15) is 27.6 Å². The number of imidazole rings is 1. The number of aryl methyl sites for hydroxylation is 2. The molecule has 1 aromatic carbocycles. The average molecular weight is 444 g/mol. The Kier molecular flexibility index (Phi) is 7.60. The summed E-state index contributed by atoms with van der Waals surface area (Å²) < 4.78 is 34.8. The molecular weight excluding hydrogens is 421 g/mol. The van der Waals surface area contributed by atoms with Gasteiger partial charge in [0.25, 0.3) is 0 Å². The van der Waals surface area contributed by atoms with E-state index >= 15 is 0 Å². The second kappa shape index (κ2) is 9.77. The van der Waals surface area contributed by atoms with Gasteiger partial charge in [0.15, 0.2) is 0 Å². The van der Waals surface area contributed by atoms with Crippen LogP contribution in [-0.2, 0) is 27.9 Å². The Bertz CT molecular complexity index is 1040. The van der Waals surface area contributed by atoms with E-state index in [4.69, 9.17) is 9.90 Å². The molecule has 9 nitrogen and oxygen atoms in total. The SMILES string of the molecule is CNCCCc1ccc2c(c1)n(C)c(=O)n2C1CCC(=O)NC1=O.O=C(O)C(F)(F)F. The Morgan fingerprint density at radius 3 is 2.45 bits per heavy atom. The zero-order valence-electron chi connectivity index (χ0n) is 17.0. The van der Waals surface area contributed by atoms with Crippen molar-refractivity contribution >= 4 is 28.8 Å². The first-order valence-corrected chi connectivity index (χ1v) is 9.45. The second-order valence-corrected chi connectivity index (χ2v) is 7.01. The maximum absolute atomic E-state index is 12.6. The molecule has 0 radical (unpaired) electrons. The number of halogens is 3. The number of fused-ring (bicyclic) bond motifs is 1. The lowest BCUT2D eigenvalue weighted by Gasteiger charge is -2.21. The van der Waals surface area contributed by atoms with Gasteiger partial charge in [0.05, 0.1) is 11.0 Å². The summed E-state index contributed by atoms with van der Waals surface area (Å²) in [5, 5.41) is 12.6. The molecule has 170 valence electrons. The maximum atomic E-state index is 12.6. The lowest BCUT2D eigenvalue weighted by atomic mass is 10.1. The van der Waals surface area contributed by atoms with Crippen LogP contribution in [0.1, 0.15) is 30.9 Å². The molecule has 31 heavy (non-hydrogen) atoms. The molecule has 0 bridgehead atoms. The standard InChI is InChI=1S/C17H22N4O3.C2HF3O2/c1-18-9-3-4-11-5-6-12-14(10-11)20(2)17(24)21(12)13-7-8-15(22)19-16(13)23;3-2(4,5)1(6)7/h5-6,10,13,18H,3-4,7-9H2,1-2H3,(H,19,22,23);(H,6,7). The Labute approximate surface area is 174 Å². The van der Waals surface area contributed by atoms with Crippen molar-refractivity contribution in [2.24, 2.45) is 7.05 Å². The number of carboxylic acid groups (broad SMARTS) is 1. The van der Waals surface area contributed by atoms with Crippen LogP contribution in [0.3, 0.4) is 0 Å². The van der Waals surface area contributed by atoms with Crippen molar-refractivity contribution in [2.75, 3.05) is 13.6 Å². The van der Waals surface area contributed by atoms with E-state index < -0.39 is 24.1 Å². The van der Waals surface area contributed by atoms with Gasteiger partial charge in [-0.15, -0.1) is 0 Å². The molecule has 2 amide bonds. The van der Waals surface area contributed by atoms with Gasteiger partial charge in [0.2, 0.25) is 11.8 Å². The molecule has 3 N–H and O–H groups in total. The lowest BCUT2D eigenvalue weighted by molar-refractivity contribution is -0.192. The lowest BCUT2D eigenvalue weighted by Crippen LogP contribution is -2.44. The number of piperidine rings is 1. The zero-order chi connectivity index (χ0) is 23.3. The van der Waals surface area contributed by atoms with E-state index in [2.05, 4.69) is 10.6 Å². The molecule has 1 aromatic heterocycles. The molecule has 1 unspecified atom stereocenters. The minimum Gasteiger partial charge on any atom is -0.475 e. The molecule has 1 aliphatic heterocycles. The van der Waals surface area contributed by atoms with E-state index in [1.54, 1.807) is 11.6 Å². The predicted molar refractivity (Wildman–Crippen MR) is 105 cm³/mol. The van der Waals surface area contributed by atoms with Gasteiger partial charge < -0.3 is 10.4 Å². The van der Waals surface area contributed by atoms with Gasteiger partial charge in [-0.3, -0.25) is 24.0 Å². The third kappa shape index (κ3) is 5.72. The molecule has 2 heterocycles. The average Bonchev–Trinajstić information content (AvgIpc) is 2.93. The molecule has 12 heteroatoms. The number of hydrogen-bond donors (Lipinski definition) is 3. The number of aromatic nitrogens is 2. The van der Waals surface area contributed by atoms with Crippen LogP contribution in [0.2, 0.25) is 0 Å². The summed E-state index contributed by atoms with van der Waals surface area (Å²) in [5.74, 6) is -3.44. The minimum atomic E-state index is -5.08. The summed E-state index contributed by atoms with van der Waals surface area (Å²) in [4.78, 5) is 45.0. The monoisotopic (exact) mass is 444 g/mol. The number of carbonyl (C=O) groups excluding carboxylic acids is 2. The first-order chi connectivity index (χ1) is 14.5. The first-order valence-electron chi connectivity index (χ1n) is 9.45. The molecule has 2 aromatic rings. The number of carboxylic acids is 1. The number of imide groups is 1. The quantitative estimate of drug-likeness (QED) is 0.469. The number of aliphatic carboxylic acids is 1. The third-order valence-electron chi connectivity index (χ3n) is 4.81. The summed E-state index contributed by atoms with van der Waals surface area (Å²) in [6.45, 7) is 0.939. The van der Waals surface area contributed by atoms with Gasteiger partial charge in [-0.05, 0) is 50.6 Å². The molecule has 0 aliphatic carbocycles. The Hall–Kier alpha value is -3.15. The number of carbonyl (C=O) groups is 3. The second-order valence-electron chi connectivity index (χ2n) is 7.01. The Balaban J connectivity index is 0.000000423. The summed E-state index contributed by atoms with van der Waals surface area (Å²) >= 11 is 0. The van der Waals surface area contributed by atoms with Crippen LogP contribution < -0.4 is 16.3 Å². The molecule has 1 aliphatic rings. The molecular formula is C19H23F3N4O5. The van der Waals surface area contributed by atoms with Crippen molar-refractivity contribution in [3.05, 3.63) is 34.2 Å². The topological polar surface area (TPSA) is 122 Å². The molecule has 1 atom stereocenters. The first kappa shape index (κ1) is 24.1. The summed E-state index contributed by atoms with van der Waals surface area (Å²) in [7, 11) is 3.64. The third-order valence-corrected chi connectivity index (χ3v) is 4.81. The van der Waals surface area contributed by atoms with Gasteiger partial charge in [-0.2, -0.15) is 13.2 Å². The van der Waals surface area contributed by atoms with Gasteiger partial charge in [0.1, 0.15) is 6.04 Å². The van der Waals surface area contributed by atoms with E-state index in [0.717, 1.165) is 36.0 Å². The molecule has 1 saturated heterocycles. The highest BCUT2D eigenvalue weighted by molar-refractivity contribution is 6.00. The van der Waals surface area contributed by atoms with Crippen molar-refractivity contribution in [2.45, 2.75) is 37.9 Å². The van der Waals surface area contributed by atoms with Crippen LogP contribution in [0.25, 0.3) is 11.0 Å². The number of nitrogens with zero attached hydrogens (tertiary/aromatic N) is 2. The van der Waals surface area contributed by atoms with Gasteiger partial charge >= 0.3 is 17.8 Å². The van der Waals surface area contributed by atoms with Crippen LogP contribution in [0, 0.1) is 0 Å². The predicted octanol–water partition coefficient (Wildman–Crippen LogP) is 1.10. The van der Waals surface area contributed by atoms with E-state index in [1.807, 2.05) is 25.2 Å². The fourth-order valence-electron chi connectivity index (χ4n) is 3.26. The Morgan fingerprint density at radius 2 is 1.90 bits per heavy atom. The van der Waals surface area contributed by atoms with Gasteiger partial charge in [-0.25, -0.2) is 9.59 Å². The molecule has 0 spiro atoms. The largest absolute Gasteiger partial charge is 0.490 e. The van der Waals surface area contributed by atoms with Crippen LogP contribution >= 0.6 is 0 Å². The number of hydrogen-bond acceptors (Lipinski definition) is 5. The highest BCUT2D eigenvalue weighted by Gasteiger charge is 2.38. The van der Waals surface area contributed by atoms with Crippen molar-refractivity contribution in [3.8, 4) is 0 Å². The zero-order valence-corrected chi connectivity index (χ0v) is 17.0. The van der Waals surface area contributed by atoms with Gasteiger partial charge in [0, 0.05) is 13.5 Å². The van der Waals surface area contributed by atoms with E-state index in [-0.39, 0.29) is 18.0 Å². The van der Waals surface area contributed by atoms with Crippen molar-refractivity contribution in [1.82, 2.24) is 19.8 Å². The number of alkyl halides is 3. The van der Waals surface area contributed by atoms with Crippen molar-refractivity contribution < 1.29 is 32.7 Å². The minimum absolute atomic E-state index is 0.230. The summed E-state index contributed by atoms with van der Waals surface area (Å²) in [6, 6.07) is 5.28. The number of nitrogens with one attached hydrogen (secondary N) is 2. The molecule has 1 fully saturated rings. The highest BCUT2D eigenvalue weighted by atomic mass is 19.4. The van der Waals surface area contributed by atoms with Crippen LogP contribution in [0.15, 0.2) is 23.0 Å². The molecule has 0 saturated carbocycles. The maximum Gasteiger partial charge on any atom is 0.490 e. The van der Waals surface area contributed by atoms with E-state index in [0.29, 0.717) is 6.42 Å². The Morgan fingerprint density at radius 1 is 1.26 bits per heavy atom. The fraction of sp³-hybridized carbons (Fsp3) is 0.474. The number of benzene rings is 1. The van der Waals surface area contributed by atoms with Crippen LogP contribution in [0.4, 0.5) is 13.2 Å². The smallest absolute Gasteiger partial charge is 0.475 e. The van der Waals surface area contributed by atoms with Crippen LogP contribution in [0.5, 0.6) is 0 Å². The van der Waals surface area contributed by atoms with Crippen molar-refractivity contribution in [1.29, 1.82) is 0 Å². The summed E-state index contributed by atoms with van der Waals surface area (Å²) in [6.07, 6.45) is -2.53. The van der Waals surface area contributed by atoms with Crippen molar-refractivity contribution in [3.63, 3.8) is 0 Å². The molecule has 3 rings (SSSR count). The van der Waals surface area contributed by atoms with Gasteiger partial charge in [-0.1, -0.05) is 6.07 Å². The normalized spacial score (nSPS) is 16.6. The highest BCUT2D eigenvalue weighted by Crippen LogP contribution is 2.24. The fourth-order valence-corrected chi connectivity index (χ4v) is 3.26.